The lowest BCUT2D eigenvalue weighted by Gasteiger charge is -2.35. The van der Waals surface area contributed by atoms with E-state index in [0.717, 1.165) is 42.0 Å². The number of amides is 2. The molecule has 0 saturated heterocycles. The predicted octanol–water partition coefficient (Wildman–Crippen LogP) is 7.28. The van der Waals surface area contributed by atoms with Crippen molar-refractivity contribution >= 4 is 50.7 Å². The van der Waals surface area contributed by atoms with Crippen LogP contribution < -0.4 is 9.62 Å². The maximum atomic E-state index is 14.6. The Labute approximate surface area is 281 Å². The van der Waals surface area contributed by atoms with Crippen LogP contribution in [0.15, 0.2) is 114 Å². The summed E-state index contributed by atoms with van der Waals surface area (Å²) in [6, 6.07) is 30.0. The van der Waals surface area contributed by atoms with E-state index >= 15 is 0 Å². The van der Waals surface area contributed by atoms with Gasteiger partial charge in [0.25, 0.3) is 10.0 Å². The summed E-state index contributed by atoms with van der Waals surface area (Å²) in [5, 5.41) is 4.08. The van der Waals surface area contributed by atoms with E-state index in [-0.39, 0.29) is 35.5 Å². The second-order valence-corrected chi connectivity index (χ2v) is 14.2. The highest BCUT2D eigenvalue weighted by molar-refractivity contribution is 7.92. The van der Waals surface area contributed by atoms with Crippen molar-refractivity contribution in [2.45, 2.75) is 62.0 Å². The smallest absolute Gasteiger partial charge is 0.264 e. The molecule has 1 fully saturated rings. The van der Waals surface area contributed by atoms with E-state index in [1.165, 1.54) is 17.0 Å². The molecule has 1 aliphatic rings. The van der Waals surface area contributed by atoms with Gasteiger partial charge in [-0.2, -0.15) is 0 Å². The zero-order valence-corrected chi connectivity index (χ0v) is 27.7. The first-order valence-electron chi connectivity index (χ1n) is 15.4. The van der Waals surface area contributed by atoms with Crippen LogP contribution in [0.2, 0.25) is 10.0 Å². The third-order valence-corrected chi connectivity index (χ3v) is 10.7. The number of nitrogens with one attached hydrogen (secondary N) is 1. The molecule has 0 bridgehead atoms. The van der Waals surface area contributed by atoms with Crippen molar-refractivity contribution in [2.75, 3.05) is 10.8 Å². The lowest BCUT2D eigenvalue weighted by atomic mass is 9.94. The standard InChI is InChI=1S/C36H37Cl2N3O4S/c37-29-20-22-31(23-21-29)41(46(44,45)32-17-8-3-9-18-32)26-35(42)40(25-28-14-10-11-19-33(28)38)34(24-27-12-4-1-5-13-27)36(43)39-30-15-6-2-7-16-30/h1,3-5,8-14,17-23,30,34H,2,6-7,15-16,24-26H2,(H,39,43). The topological polar surface area (TPSA) is 86.8 Å². The number of hydrogen-bond donors (Lipinski definition) is 1. The number of sulfonamides is 1. The molecule has 0 heterocycles. The molecule has 10 heteroatoms. The Bertz CT molecular complexity index is 1720. The van der Waals surface area contributed by atoms with Gasteiger partial charge in [-0.1, -0.05) is 109 Å². The van der Waals surface area contributed by atoms with Gasteiger partial charge in [0.2, 0.25) is 11.8 Å². The van der Waals surface area contributed by atoms with E-state index in [1.807, 2.05) is 36.4 Å². The molecule has 240 valence electrons. The van der Waals surface area contributed by atoms with Gasteiger partial charge in [-0.25, -0.2) is 8.42 Å². The fraction of sp³-hybridized carbons (Fsp3) is 0.278. The lowest BCUT2D eigenvalue weighted by molar-refractivity contribution is -0.140. The Morgan fingerprint density at radius 2 is 1.39 bits per heavy atom. The van der Waals surface area contributed by atoms with Crippen molar-refractivity contribution in [1.29, 1.82) is 0 Å². The third-order valence-electron chi connectivity index (χ3n) is 8.25. The minimum Gasteiger partial charge on any atom is -0.352 e. The van der Waals surface area contributed by atoms with E-state index in [9.17, 15) is 18.0 Å². The van der Waals surface area contributed by atoms with Gasteiger partial charge in [-0.3, -0.25) is 13.9 Å². The first-order valence-corrected chi connectivity index (χ1v) is 17.6. The first kappa shape index (κ1) is 33.5. The fourth-order valence-electron chi connectivity index (χ4n) is 5.76. The van der Waals surface area contributed by atoms with Crippen molar-refractivity contribution < 1.29 is 18.0 Å². The Hall–Kier alpha value is -3.85. The van der Waals surface area contributed by atoms with Crippen LogP contribution in [0.3, 0.4) is 0 Å². The number of nitrogens with zero attached hydrogens (tertiary/aromatic N) is 2. The summed E-state index contributed by atoms with van der Waals surface area (Å²) in [5.41, 5.74) is 1.78. The van der Waals surface area contributed by atoms with Crippen molar-refractivity contribution in [3.05, 3.63) is 130 Å². The largest absolute Gasteiger partial charge is 0.352 e. The molecule has 0 aliphatic heterocycles. The molecular weight excluding hydrogens is 641 g/mol. The number of anilines is 1. The molecule has 1 N–H and O–H groups in total. The second kappa shape index (κ2) is 15.6. The molecule has 46 heavy (non-hydrogen) atoms. The molecular formula is C36H37Cl2N3O4S. The number of carbonyl (C=O) groups excluding carboxylic acids is 2. The van der Waals surface area contributed by atoms with Crippen LogP contribution >= 0.6 is 23.2 Å². The van der Waals surface area contributed by atoms with Crippen molar-refractivity contribution in [1.82, 2.24) is 10.2 Å². The summed E-state index contributed by atoms with van der Waals surface area (Å²) in [7, 11) is -4.19. The van der Waals surface area contributed by atoms with Gasteiger partial charge in [0.05, 0.1) is 10.6 Å². The molecule has 1 aliphatic carbocycles. The molecule has 4 aromatic carbocycles. The van der Waals surface area contributed by atoms with Gasteiger partial charge in [-0.05, 0) is 66.4 Å². The zero-order chi connectivity index (χ0) is 32.5. The molecule has 5 rings (SSSR count). The van der Waals surface area contributed by atoms with E-state index in [2.05, 4.69) is 5.32 Å². The van der Waals surface area contributed by atoms with Crippen LogP contribution in [-0.2, 0) is 32.6 Å². The summed E-state index contributed by atoms with van der Waals surface area (Å²) >= 11 is 12.7. The van der Waals surface area contributed by atoms with Crippen LogP contribution in [0.1, 0.15) is 43.2 Å². The molecule has 1 atom stereocenters. The number of halogens is 2. The Morgan fingerprint density at radius 3 is 2.04 bits per heavy atom. The van der Waals surface area contributed by atoms with E-state index < -0.39 is 28.5 Å². The summed E-state index contributed by atoms with van der Waals surface area (Å²) in [6.45, 7) is -0.542. The number of carbonyl (C=O) groups is 2. The Balaban J connectivity index is 1.56. The van der Waals surface area contributed by atoms with Crippen molar-refractivity contribution in [3.8, 4) is 0 Å². The van der Waals surface area contributed by atoms with Crippen LogP contribution in [0.5, 0.6) is 0 Å². The highest BCUT2D eigenvalue weighted by Crippen LogP contribution is 2.27. The molecule has 0 radical (unpaired) electrons. The summed E-state index contributed by atoms with van der Waals surface area (Å²) in [4.78, 5) is 30.3. The van der Waals surface area contributed by atoms with Crippen LogP contribution in [0.4, 0.5) is 5.69 Å². The van der Waals surface area contributed by atoms with Gasteiger partial charge in [-0.15, -0.1) is 0 Å². The average molecular weight is 679 g/mol. The quantitative estimate of drug-likeness (QED) is 0.171. The summed E-state index contributed by atoms with van der Waals surface area (Å²) in [5.74, 6) is -0.825. The van der Waals surface area contributed by atoms with E-state index in [4.69, 9.17) is 23.2 Å². The van der Waals surface area contributed by atoms with Gasteiger partial charge in [0.15, 0.2) is 0 Å². The summed E-state index contributed by atoms with van der Waals surface area (Å²) < 4.78 is 29.2. The fourth-order valence-corrected chi connectivity index (χ4v) is 7.52. The number of hydrogen-bond acceptors (Lipinski definition) is 4. The maximum absolute atomic E-state index is 14.6. The van der Waals surface area contributed by atoms with Crippen molar-refractivity contribution in [2.24, 2.45) is 0 Å². The van der Waals surface area contributed by atoms with Crippen molar-refractivity contribution in [3.63, 3.8) is 0 Å². The molecule has 1 unspecified atom stereocenters. The molecule has 0 aromatic heterocycles. The maximum Gasteiger partial charge on any atom is 0.264 e. The third kappa shape index (κ3) is 8.49. The molecule has 1 saturated carbocycles. The van der Waals surface area contributed by atoms with Crippen LogP contribution in [-0.4, -0.2) is 43.8 Å². The number of benzene rings is 4. The zero-order valence-electron chi connectivity index (χ0n) is 25.4. The first-order chi connectivity index (χ1) is 22.2. The molecule has 0 spiro atoms. The average Bonchev–Trinajstić information content (AvgIpc) is 3.07. The summed E-state index contributed by atoms with van der Waals surface area (Å²) in [6.07, 6.45) is 5.19. The molecule has 7 nitrogen and oxygen atoms in total. The monoisotopic (exact) mass is 677 g/mol. The predicted molar refractivity (Wildman–Crippen MR) is 183 cm³/mol. The van der Waals surface area contributed by atoms with Crippen LogP contribution in [0, 0.1) is 0 Å². The Morgan fingerprint density at radius 1 is 0.783 bits per heavy atom. The highest BCUT2D eigenvalue weighted by Gasteiger charge is 2.35. The van der Waals surface area contributed by atoms with E-state index in [1.54, 1.807) is 60.7 Å². The van der Waals surface area contributed by atoms with Gasteiger partial charge in [0.1, 0.15) is 12.6 Å². The molecule has 2 amide bonds. The second-order valence-electron chi connectivity index (χ2n) is 11.5. The number of rotatable bonds is 12. The lowest BCUT2D eigenvalue weighted by Crippen LogP contribution is -2.55. The van der Waals surface area contributed by atoms with Gasteiger partial charge in [0, 0.05) is 29.1 Å². The van der Waals surface area contributed by atoms with Gasteiger partial charge < -0.3 is 10.2 Å². The minimum absolute atomic E-state index is 0.00787. The molecule has 4 aromatic rings. The van der Waals surface area contributed by atoms with Crippen LogP contribution in [0.25, 0.3) is 0 Å². The minimum atomic E-state index is -4.19. The highest BCUT2D eigenvalue weighted by atomic mass is 35.5. The van der Waals surface area contributed by atoms with Gasteiger partial charge >= 0.3 is 0 Å². The Kier molecular flexibility index (Phi) is 11.4. The SMILES string of the molecule is O=C(NC1CCCCC1)C(Cc1ccccc1)N(Cc1ccccc1Cl)C(=O)CN(c1ccc(Cl)cc1)S(=O)(=O)c1ccccc1. The van der Waals surface area contributed by atoms with E-state index in [0.29, 0.717) is 15.6 Å². The normalized spacial score (nSPS) is 14.3.